The van der Waals surface area contributed by atoms with E-state index in [1.807, 2.05) is 30.3 Å². The summed E-state index contributed by atoms with van der Waals surface area (Å²) < 4.78 is 13.0. The Morgan fingerprint density at radius 2 is 2.00 bits per heavy atom. The second kappa shape index (κ2) is 10.6. The summed E-state index contributed by atoms with van der Waals surface area (Å²) in [5.41, 5.74) is 2.21. The van der Waals surface area contributed by atoms with Crippen LogP contribution < -0.4 is 4.74 Å². The maximum absolute atomic E-state index is 5.48. The van der Waals surface area contributed by atoms with Crippen LogP contribution in [0.25, 0.3) is 11.4 Å². The smallest absolute Gasteiger partial charge is 0.191 e. The molecule has 1 heterocycles. The predicted molar refractivity (Wildman–Crippen MR) is 112 cm³/mol. The highest BCUT2D eigenvalue weighted by Crippen LogP contribution is 2.31. The molecule has 6 heteroatoms. The normalized spacial score (nSPS) is 12.1. The van der Waals surface area contributed by atoms with E-state index in [4.69, 9.17) is 9.47 Å². The highest BCUT2D eigenvalue weighted by atomic mass is 32.2. The van der Waals surface area contributed by atoms with Gasteiger partial charge >= 0.3 is 0 Å². The first-order chi connectivity index (χ1) is 13.2. The minimum absolute atomic E-state index is 0.785. The van der Waals surface area contributed by atoms with Gasteiger partial charge in [0, 0.05) is 12.3 Å². The Bertz CT molecular complexity index is 825. The van der Waals surface area contributed by atoms with E-state index >= 15 is 0 Å². The fourth-order valence-electron chi connectivity index (χ4n) is 2.60. The summed E-state index contributed by atoms with van der Waals surface area (Å²) >= 11 is 1.68. The Hall–Kier alpha value is -2.47. The molecule has 0 amide bonds. The average molecular weight is 386 g/mol. The zero-order valence-electron chi connectivity index (χ0n) is 16.4. The molecule has 5 nitrogen and oxygen atoms in total. The van der Waals surface area contributed by atoms with Crippen LogP contribution in [0.4, 0.5) is 0 Å². The molecule has 0 saturated heterocycles. The molecule has 144 valence electrons. The van der Waals surface area contributed by atoms with Gasteiger partial charge in [0.25, 0.3) is 0 Å². The van der Waals surface area contributed by atoms with Gasteiger partial charge in [-0.15, -0.1) is 10.2 Å². The van der Waals surface area contributed by atoms with Gasteiger partial charge in [0.2, 0.25) is 0 Å². The summed E-state index contributed by atoms with van der Waals surface area (Å²) in [6, 6.07) is 7.88. The second-order valence-corrected chi connectivity index (χ2v) is 6.65. The largest absolute Gasteiger partial charge is 0.497 e. The van der Waals surface area contributed by atoms with Crippen LogP contribution in [0.1, 0.15) is 20.3 Å². The summed E-state index contributed by atoms with van der Waals surface area (Å²) in [5, 5.41) is 9.72. The summed E-state index contributed by atoms with van der Waals surface area (Å²) in [4.78, 5) is 0. The molecule has 0 spiro atoms. The van der Waals surface area contributed by atoms with Crippen molar-refractivity contribution in [3.05, 3.63) is 60.4 Å². The molecule has 0 bridgehead atoms. The lowest BCUT2D eigenvalue weighted by Gasteiger charge is -2.11. The SMILES string of the molecule is C=C/C=C(\C=C(/CC)CSc1nnc(-c2ccccc2OC)n1CC)OC. The van der Waals surface area contributed by atoms with Crippen molar-refractivity contribution < 1.29 is 9.47 Å². The van der Waals surface area contributed by atoms with Gasteiger partial charge in [-0.1, -0.05) is 49.0 Å². The third kappa shape index (κ3) is 5.26. The molecule has 0 aliphatic rings. The molecule has 0 N–H and O–H groups in total. The Labute approximate surface area is 165 Å². The number of nitrogens with zero attached hydrogens (tertiary/aromatic N) is 3. The first kappa shape index (κ1) is 20.8. The molecule has 1 aromatic carbocycles. The third-order valence-corrected chi connectivity index (χ3v) is 5.16. The molecule has 0 atom stereocenters. The van der Waals surface area contributed by atoms with E-state index in [1.165, 1.54) is 5.57 Å². The monoisotopic (exact) mass is 385 g/mol. The van der Waals surface area contributed by atoms with Crippen molar-refractivity contribution in [2.45, 2.75) is 32.0 Å². The Morgan fingerprint density at radius 1 is 1.22 bits per heavy atom. The van der Waals surface area contributed by atoms with Crippen molar-refractivity contribution in [3.8, 4) is 17.1 Å². The Balaban J connectivity index is 2.25. The van der Waals surface area contributed by atoms with E-state index in [0.29, 0.717) is 0 Å². The summed E-state index contributed by atoms with van der Waals surface area (Å²) in [6.07, 6.45) is 6.57. The second-order valence-electron chi connectivity index (χ2n) is 5.70. The molecule has 0 radical (unpaired) electrons. The molecule has 0 unspecified atom stereocenters. The zero-order valence-corrected chi connectivity index (χ0v) is 17.3. The number of ether oxygens (including phenoxy) is 2. The third-order valence-electron chi connectivity index (χ3n) is 4.09. The highest BCUT2D eigenvalue weighted by molar-refractivity contribution is 7.99. The number of rotatable bonds is 10. The molecule has 0 aliphatic heterocycles. The van der Waals surface area contributed by atoms with Gasteiger partial charge in [0.05, 0.1) is 19.8 Å². The summed E-state index contributed by atoms with van der Waals surface area (Å²) in [7, 11) is 3.34. The zero-order chi connectivity index (χ0) is 19.6. The lowest BCUT2D eigenvalue weighted by molar-refractivity contribution is 0.306. The molecule has 27 heavy (non-hydrogen) atoms. The predicted octanol–water partition coefficient (Wildman–Crippen LogP) is 5.12. The maximum atomic E-state index is 5.48. The number of thioether (sulfide) groups is 1. The number of para-hydroxylation sites is 1. The Morgan fingerprint density at radius 3 is 2.63 bits per heavy atom. The maximum Gasteiger partial charge on any atom is 0.191 e. The summed E-state index contributed by atoms with van der Waals surface area (Å²) in [5.74, 6) is 3.24. The van der Waals surface area contributed by atoms with Crippen molar-refractivity contribution in [3.63, 3.8) is 0 Å². The van der Waals surface area contributed by atoms with E-state index in [2.05, 4.69) is 41.3 Å². The van der Waals surface area contributed by atoms with E-state index in [0.717, 1.165) is 46.8 Å². The van der Waals surface area contributed by atoms with Crippen molar-refractivity contribution in [2.24, 2.45) is 0 Å². The molecule has 0 saturated carbocycles. The van der Waals surface area contributed by atoms with Gasteiger partial charge in [-0.3, -0.25) is 0 Å². The van der Waals surface area contributed by atoms with Crippen LogP contribution in [0.15, 0.2) is 65.6 Å². The van der Waals surface area contributed by atoms with Gasteiger partial charge in [0.1, 0.15) is 11.5 Å². The molecule has 1 aromatic heterocycles. The van der Waals surface area contributed by atoms with Gasteiger partial charge in [-0.25, -0.2) is 0 Å². The quantitative estimate of drug-likeness (QED) is 0.323. The van der Waals surface area contributed by atoms with Crippen molar-refractivity contribution in [1.29, 1.82) is 0 Å². The number of methoxy groups -OCH3 is 2. The van der Waals surface area contributed by atoms with Crippen LogP contribution in [-0.2, 0) is 11.3 Å². The van der Waals surface area contributed by atoms with Crippen LogP contribution in [0.3, 0.4) is 0 Å². The molecule has 2 aromatic rings. The fraction of sp³-hybridized carbons (Fsp3) is 0.333. The number of aromatic nitrogens is 3. The first-order valence-corrected chi connectivity index (χ1v) is 9.92. The van der Waals surface area contributed by atoms with E-state index in [-0.39, 0.29) is 0 Å². The Kier molecular flexibility index (Phi) is 8.20. The van der Waals surface area contributed by atoms with Crippen molar-refractivity contribution in [1.82, 2.24) is 14.8 Å². The molecule has 0 aliphatic carbocycles. The number of benzene rings is 1. The average Bonchev–Trinajstić information content (AvgIpc) is 3.12. The lowest BCUT2D eigenvalue weighted by atomic mass is 10.2. The lowest BCUT2D eigenvalue weighted by Crippen LogP contribution is -2.01. The number of hydrogen-bond acceptors (Lipinski definition) is 5. The van der Waals surface area contributed by atoms with Crippen LogP contribution in [-0.4, -0.2) is 34.7 Å². The topological polar surface area (TPSA) is 49.2 Å². The van der Waals surface area contributed by atoms with Gasteiger partial charge in [-0.05, 0) is 37.6 Å². The van der Waals surface area contributed by atoms with Crippen molar-refractivity contribution in [2.75, 3.05) is 20.0 Å². The van der Waals surface area contributed by atoms with Crippen LogP contribution in [0.2, 0.25) is 0 Å². The molecular formula is C21H27N3O2S. The minimum atomic E-state index is 0.785. The molecular weight excluding hydrogens is 358 g/mol. The first-order valence-electron chi connectivity index (χ1n) is 8.93. The number of hydrogen-bond donors (Lipinski definition) is 0. The van der Waals surface area contributed by atoms with Gasteiger partial charge in [-0.2, -0.15) is 0 Å². The highest BCUT2D eigenvalue weighted by Gasteiger charge is 2.16. The number of allylic oxidation sites excluding steroid dienone is 3. The molecule has 2 rings (SSSR count). The minimum Gasteiger partial charge on any atom is -0.497 e. The van der Waals surface area contributed by atoms with Crippen LogP contribution in [0, 0.1) is 0 Å². The van der Waals surface area contributed by atoms with Gasteiger partial charge < -0.3 is 14.0 Å². The van der Waals surface area contributed by atoms with E-state index < -0.39 is 0 Å². The van der Waals surface area contributed by atoms with E-state index in [1.54, 1.807) is 32.1 Å². The molecule has 0 fully saturated rings. The standard InChI is InChI=1S/C21H27N3O2S/c1-6-11-17(25-4)14-16(7-2)15-27-21-23-22-20(24(21)8-3)18-12-9-10-13-19(18)26-5/h6,9-14H,1,7-8,15H2,2-5H3/b16-14+,17-11+. The van der Waals surface area contributed by atoms with Crippen molar-refractivity contribution >= 4 is 11.8 Å². The fourth-order valence-corrected chi connectivity index (χ4v) is 3.68. The van der Waals surface area contributed by atoms with E-state index in [9.17, 15) is 0 Å². The van der Waals surface area contributed by atoms with Crippen LogP contribution >= 0.6 is 11.8 Å². The summed E-state index contributed by atoms with van der Waals surface area (Å²) in [6.45, 7) is 8.74. The van der Waals surface area contributed by atoms with Crippen LogP contribution in [0.5, 0.6) is 5.75 Å². The van der Waals surface area contributed by atoms with Gasteiger partial charge in [0.15, 0.2) is 11.0 Å².